The zero-order valence-electron chi connectivity index (χ0n) is 16.6. The van der Waals surface area contributed by atoms with Gasteiger partial charge in [0, 0.05) is 63.2 Å². The number of carbonyl (C=O) groups excluding carboxylic acids is 1. The first-order chi connectivity index (χ1) is 13.1. The number of anilines is 1. The first kappa shape index (κ1) is 19.8. The summed E-state index contributed by atoms with van der Waals surface area (Å²) in [5, 5.41) is 2.97. The molecule has 2 aliphatic heterocycles. The number of ether oxygens (including phenoxy) is 3. The highest BCUT2D eigenvalue weighted by atomic mass is 16.5. The summed E-state index contributed by atoms with van der Waals surface area (Å²) in [6.45, 7) is 3.75. The summed E-state index contributed by atoms with van der Waals surface area (Å²) in [5.41, 5.74) is 0.681. The maximum Gasteiger partial charge on any atom is 0.321 e. The summed E-state index contributed by atoms with van der Waals surface area (Å²) >= 11 is 0. The molecule has 0 aliphatic carbocycles. The van der Waals surface area contributed by atoms with Crippen molar-refractivity contribution in [3.8, 4) is 11.5 Å². The zero-order chi connectivity index (χ0) is 19.2. The van der Waals surface area contributed by atoms with Gasteiger partial charge in [-0.2, -0.15) is 0 Å². The van der Waals surface area contributed by atoms with Crippen molar-refractivity contribution in [2.75, 3.05) is 52.8 Å². The predicted molar refractivity (Wildman–Crippen MR) is 105 cm³/mol. The van der Waals surface area contributed by atoms with Gasteiger partial charge in [0.05, 0.1) is 20.3 Å². The number of nitrogens with one attached hydrogen (secondary N) is 1. The van der Waals surface area contributed by atoms with Crippen LogP contribution in [0.15, 0.2) is 18.2 Å². The molecular formula is C20H31N3O4. The van der Waals surface area contributed by atoms with Crippen LogP contribution in [0.2, 0.25) is 0 Å². The van der Waals surface area contributed by atoms with Gasteiger partial charge in [0.2, 0.25) is 0 Å². The summed E-state index contributed by atoms with van der Waals surface area (Å²) in [5.74, 6) is 1.31. The maximum atomic E-state index is 12.6. The number of likely N-dealkylation sites (tertiary alicyclic amines) is 2. The molecule has 0 atom stereocenters. The quantitative estimate of drug-likeness (QED) is 0.855. The number of amides is 2. The molecule has 2 amide bonds. The molecule has 7 nitrogen and oxygen atoms in total. The lowest BCUT2D eigenvalue weighted by Crippen LogP contribution is -2.50. The molecule has 2 aliphatic rings. The van der Waals surface area contributed by atoms with Crippen LogP contribution in [0.3, 0.4) is 0 Å². The molecule has 2 heterocycles. The third kappa shape index (κ3) is 5.05. The van der Waals surface area contributed by atoms with Crippen LogP contribution in [0, 0.1) is 0 Å². The van der Waals surface area contributed by atoms with Gasteiger partial charge in [0.15, 0.2) is 0 Å². The van der Waals surface area contributed by atoms with E-state index < -0.39 is 0 Å². The molecule has 0 radical (unpaired) electrons. The van der Waals surface area contributed by atoms with Crippen molar-refractivity contribution in [1.29, 1.82) is 0 Å². The maximum absolute atomic E-state index is 12.6. The smallest absolute Gasteiger partial charge is 0.321 e. The van der Waals surface area contributed by atoms with E-state index >= 15 is 0 Å². The van der Waals surface area contributed by atoms with E-state index in [1.165, 1.54) is 0 Å². The van der Waals surface area contributed by atoms with Crippen molar-refractivity contribution in [1.82, 2.24) is 9.80 Å². The van der Waals surface area contributed by atoms with Crippen LogP contribution in [0.5, 0.6) is 11.5 Å². The fourth-order valence-electron chi connectivity index (χ4n) is 3.99. The zero-order valence-corrected chi connectivity index (χ0v) is 16.6. The van der Waals surface area contributed by atoms with E-state index in [2.05, 4.69) is 10.2 Å². The Morgan fingerprint density at radius 2 is 1.52 bits per heavy atom. The summed E-state index contributed by atoms with van der Waals surface area (Å²) in [6.07, 6.45) is 4.66. The van der Waals surface area contributed by atoms with Crippen LogP contribution in [0.25, 0.3) is 0 Å². The standard InChI is InChI=1S/C20H31N3O4/c1-25-17-6-10-22(11-7-17)16-4-8-23(9-5-16)20(24)21-15-12-18(26-2)14-19(13-15)27-3/h12-14,16-17H,4-11H2,1-3H3,(H,21,24). The summed E-state index contributed by atoms with van der Waals surface area (Å²) in [4.78, 5) is 17.1. The average molecular weight is 377 g/mol. The number of rotatable bonds is 5. The Balaban J connectivity index is 1.50. The van der Waals surface area contributed by atoms with Crippen molar-refractivity contribution in [2.45, 2.75) is 37.8 Å². The van der Waals surface area contributed by atoms with Gasteiger partial charge in [0.25, 0.3) is 0 Å². The molecular weight excluding hydrogens is 346 g/mol. The Labute approximate surface area is 161 Å². The van der Waals surface area contributed by atoms with Crippen molar-refractivity contribution < 1.29 is 19.0 Å². The molecule has 0 saturated carbocycles. The molecule has 27 heavy (non-hydrogen) atoms. The van der Waals surface area contributed by atoms with Crippen LogP contribution < -0.4 is 14.8 Å². The van der Waals surface area contributed by atoms with E-state index in [9.17, 15) is 4.79 Å². The fourth-order valence-corrected chi connectivity index (χ4v) is 3.99. The monoisotopic (exact) mass is 377 g/mol. The number of carbonyl (C=O) groups is 1. The lowest BCUT2D eigenvalue weighted by Gasteiger charge is -2.41. The number of hydrogen-bond acceptors (Lipinski definition) is 5. The minimum atomic E-state index is -0.0677. The van der Waals surface area contributed by atoms with Gasteiger partial charge in [-0.3, -0.25) is 0 Å². The topological polar surface area (TPSA) is 63.3 Å². The molecule has 0 unspecified atom stereocenters. The van der Waals surface area contributed by atoms with Gasteiger partial charge in [-0.1, -0.05) is 0 Å². The number of methoxy groups -OCH3 is 3. The Kier molecular flexibility index (Phi) is 6.79. The number of piperidine rings is 2. The SMILES string of the molecule is COc1cc(NC(=O)N2CCC(N3CCC(OC)CC3)CC2)cc(OC)c1. The highest BCUT2D eigenvalue weighted by molar-refractivity contribution is 5.89. The van der Waals surface area contributed by atoms with Crippen molar-refractivity contribution in [3.63, 3.8) is 0 Å². The lowest BCUT2D eigenvalue weighted by atomic mass is 9.99. The lowest BCUT2D eigenvalue weighted by molar-refractivity contribution is 0.0173. The first-order valence-corrected chi connectivity index (χ1v) is 9.68. The molecule has 2 saturated heterocycles. The normalized spacial score (nSPS) is 19.7. The second-order valence-electron chi connectivity index (χ2n) is 7.22. The second kappa shape index (κ2) is 9.28. The highest BCUT2D eigenvalue weighted by Gasteiger charge is 2.29. The van der Waals surface area contributed by atoms with Gasteiger partial charge in [-0.25, -0.2) is 4.79 Å². The van der Waals surface area contributed by atoms with E-state index in [0.29, 0.717) is 29.3 Å². The summed E-state index contributed by atoms with van der Waals surface area (Å²) in [6, 6.07) is 5.89. The van der Waals surface area contributed by atoms with E-state index in [4.69, 9.17) is 14.2 Å². The predicted octanol–water partition coefficient (Wildman–Crippen LogP) is 2.81. The third-order valence-electron chi connectivity index (χ3n) is 5.68. The van der Waals surface area contributed by atoms with Gasteiger partial charge >= 0.3 is 6.03 Å². The minimum absolute atomic E-state index is 0.0677. The Morgan fingerprint density at radius 1 is 0.926 bits per heavy atom. The molecule has 0 spiro atoms. The molecule has 0 aromatic heterocycles. The van der Waals surface area contributed by atoms with Crippen LogP contribution in [-0.4, -0.2) is 75.5 Å². The van der Waals surface area contributed by atoms with Crippen molar-refractivity contribution >= 4 is 11.7 Å². The van der Waals surface area contributed by atoms with Gasteiger partial charge < -0.3 is 29.3 Å². The second-order valence-corrected chi connectivity index (χ2v) is 7.22. The molecule has 150 valence electrons. The van der Waals surface area contributed by atoms with E-state index in [1.807, 2.05) is 4.90 Å². The van der Waals surface area contributed by atoms with Crippen molar-refractivity contribution in [2.24, 2.45) is 0 Å². The molecule has 3 rings (SSSR count). The summed E-state index contributed by atoms with van der Waals surface area (Å²) < 4.78 is 16.0. The Bertz CT molecular complexity index is 601. The summed E-state index contributed by atoms with van der Waals surface area (Å²) in [7, 11) is 5.00. The molecule has 7 heteroatoms. The van der Waals surface area contributed by atoms with E-state index in [0.717, 1.165) is 51.9 Å². The van der Waals surface area contributed by atoms with Gasteiger partial charge in [-0.15, -0.1) is 0 Å². The largest absolute Gasteiger partial charge is 0.497 e. The van der Waals surface area contributed by atoms with Crippen LogP contribution in [0.4, 0.5) is 10.5 Å². The molecule has 1 aromatic carbocycles. The van der Waals surface area contributed by atoms with Crippen LogP contribution in [-0.2, 0) is 4.74 Å². The van der Waals surface area contributed by atoms with E-state index in [1.54, 1.807) is 39.5 Å². The molecule has 2 fully saturated rings. The first-order valence-electron chi connectivity index (χ1n) is 9.68. The average Bonchev–Trinajstić information content (AvgIpc) is 2.73. The van der Waals surface area contributed by atoms with Crippen LogP contribution in [0.1, 0.15) is 25.7 Å². The number of nitrogens with zero attached hydrogens (tertiary/aromatic N) is 2. The van der Waals surface area contributed by atoms with Crippen LogP contribution >= 0.6 is 0 Å². The Hall–Kier alpha value is -1.99. The number of urea groups is 1. The minimum Gasteiger partial charge on any atom is -0.497 e. The van der Waals surface area contributed by atoms with E-state index in [-0.39, 0.29) is 6.03 Å². The van der Waals surface area contributed by atoms with Crippen molar-refractivity contribution in [3.05, 3.63) is 18.2 Å². The fraction of sp³-hybridized carbons (Fsp3) is 0.650. The molecule has 0 bridgehead atoms. The molecule has 1 N–H and O–H groups in total. The number of hydrogen-bond donors (Lipinski definition) is 1. The van der Waals surface area contributed by atoms with Gasteiger partial charge in [-0.05, 0) is 25.7 Å². The third-order valence-corrected chi connectivity index (χ3v) is 5.68. The highest BCUT2D eigenvalue weighted by Crippen LogP contribution is 2.27. The van der Waals surface area contributed by atoms with Gasteiger partial charge in [0.1, 0.15) is 11.5 Å². The number of benzene rings is 1. The molecule has 1 aromatic rings. The Morgan fingerprint density at radius 3 is 2.04 bits per heavy atom.